The van der Waals surface area contributed by atoms with Crippen molar-refractivity contribution in [1.29, 1.82) is 0 Å². The zero-order valence-corrected chi connectivity index (χ0v) is 24.5. The average Bonchev–Trinajstić information content (AvgIpc) is 2.93. The third kappa shape index (κ3) is 8.54. The summed E-state index contributed by atoms with van der Waals surface area (Å²) in [5.41, 5.74) is 3.21. The minimum Gasteiger partial charge on any atom is -0.461 e. The second-order valence-corrected chi connectivity index (χ2v) is 9.64. The fourth-order valence-corrected chi connectivity index (χ4v) is 4.76. The number of ether oxygens (including phenoxy) is 2. The fourth-order valence-electron chi connectivity index (χ4n) is 4.60. The lowest BCUT2D eigenvalue weighted by Gasteiger charge is -2.36. The topological polar surface area (TPSA) is 66.9 Å². The predicted molar refractivity (Wildman–Crippen MR) is 163 cm³/mol. The van der Waals surface area contributed by atoms with E-state index in [1.165, 1.54) is 12.1 Å². The molecule has 0 unspecified atom stereocenters. The molecule has 0 atom stereocenters. The number of hydrogen-bond donors (Lipinski definition) is 1. The van der Waals surface area contributed by atoms with Gasteiger partial charge in [-0.15, -0.1) is 38.0 Å². The molecular formula is C29H28Cl3F3N4O3. The van der Waals surface area contributed by atoms with Gasteiger partial charge in [-0.25, -0.2) is 4.79 Å². The van der Waals surface area contributed by atoms with Crippen LogP contribution < -0.4 is 15.0 Å². The molecule has 4 aromatic rings. The number of nitrogens with zero attached hydrogens (tertiary/aromatic N) is 3. The molecule has 0 bridgehead atoms. The quantitative estimate of drug-likeness (QED) is 0.201. The van der Waals surface area contributed by atoms with Crippen LogP contribution in [-0.2, 0) is 4.74 Å². The summed E-state index contributed by atoms with van der Waals surface area (Å²) >= 11 is 6.10. The van der Waals surface area contributed by atoms with Crippen molar-refractivity contribution in [3.05, 3.63) is 89.6 Å². The van der Waals surface area contributed by atoms with Crippen LogP contribution in [0.3, 0.4) is 0 Å². The molecule has 0 saturated carbocycles. The van der Waals surface area contributed by atoms with Crippen molar-refractivity contribution in [2.75, 3.05) is 49.5 Å². The van der Waals surface area contributed by atoms with Gasteiger partial charge in [0.15, 0.2) is 0 Å². The normalized spacial score (nSPS) is 13.6. The summed E-state index contributed by atoms with van der Waals surface area (Å²) in [6.45, 7) is 3.36. The smallest absolute Gasteiger partial charge is 0.461 e. The van der Waals surface area contributed by atoms with Crippen LogP contribution in [0.25, 0.3) is 10.9 Å². The minimum absolute atomic E-state index is 0. The third-order valence-electron chi connectivity index (χ3n) is 6.55. The van der Waals surface area contributed by atoms with Crippen LogP contribution in [-0.4, -0.2) is 61.5 Å². The zero-order chi connectivity index (χ0) is 28.1. The Morgan fingerprint density at radius 1 is 0.929 bits per heavy atom. The molecule has 1 aromatic heterocycles. The monoisotopic (exact) mass is 642 g/mol. The van der Waals surface area contributed by atoms with E-state index >= 15 is 0 Å². The highest BCUT2D eigenvalue weighted by molar-refractivity contribution is 6.31. The Balaban J connectivity index is 0.00000242. The molecule has 1 N–H and O–H groups in total. The maximum Gasteiger partial charge on any atom is 0.573 e. The first-order valence-electron chi connectivity index (χ1n) is 12.7. The highest BCUT2D eigenvalue weighted by atomic mass is 35.5. The second kappa shape index (κ2) is 14.6. The molecule has 1 saturated heterocycles. The van der Waals surface area contributed by atoms with Gasteiger partial charge in [-0.3, -0.25) is 9.88 Å². The Bertz CT molecular complexity index is 1500. The highest BCUT2D eigenvalue weighted by Crippen LogP contribution is 2.29. The van der Waals surface area contributed by atoms with Crippen LogP contribution in [0.4, 0.5) is 30.2 Å². The van der Waals surface area contributed by atoms with E-state index in [2.05, 4.69) is 19.9 Å². The lowest BCUT2D eigenvalue weighted by molar-refractivity contribution is -0.274. The molecule has 0 aliphatic carbocycles. The molecule has 3 aromatic carbocycles. The number of carbonyl (C=O) groups is 1. The van der Waals surface area contributed by atoms with Crippen molar-refractivity contribution in [3.8, 4) is 5.75 Å². The van der Waals surface area contributed by atoms with E-state index in [9.17, 15) is 18.0 Å². The summed E-state index contributed by atoms with van der Waals surface area (Å²) in [7, 11) is 0. The number of alkyl halides is 3. The van der Waals surface area contributed by atoms with Gasteiger partial charge in [0.05, 0.1) is 16.8 Å². The number of para-hydroxylation sites is 1. The van der Waals surface area contributed by atoms with E-state index in [0.29, 0.717) is 54.7 Å². The lowest BCUT2D eigenvalue weighted by Crippen LogP contribution is -2.47. The Kier molecular flexibility index (Phi) is 11.5. The van der Waals surface area contributed by atoms with Gasteiger partial charge in [0.2, 0.25) is 0 Å². The Morgan fingerprint density at radius 2 is 1.69 bits per heavy atom. The summed E-state index contributed by atoms with van der Waals surface area (Å²) in [5, 5.41) is 4.78. The van der Waals surface area contributed by atoms with Crippen molar-refractivity contribution in [1.82, 2.24) is 9.88 Å². The van der Waals surface area contributed by atoms with E-state index in [1.807, 2.05) is 29.2 Å². The predicted octanol–water partition coefficient (Wildman–Crippen LogP) is 7.35. The van der Waals surface area contributed by atoms with Gasteiger partial charge >= 0.3 is 12.3 Å². The molecule has 1 aliphatic rings. The summed E-state index contributed by atoms with van der Waals surface area (Å²) in [6.07, 6.45) is -3.05. The Morgan fingerprint density at radius 3 is 2.45 bits per heavy atom. The van der Waals surface area contributed by atoms with Crippen molar-refractivity contribution < 1.29 is 27.4 Å². The number of carbonyl (C=O) groups excluding carboxylic acids is 1. The largest absolute Gasteiger partial charge is 0.573 e. The third-order valence-corrected chi connectivity index (χ3v) is 6.79. The highest BCUT2D eigenvalue weighted by Gasteiger charge is 2.31. The van der Waals surface area contributed by atoms with Gasteiger partial charge in [-0.2, -0.15) is 0 Å². The molecule has 42 heavy (non-hydrogen) atoms. The number of piperazine rings is 1. The van der Waals surface area contributed by atoms with Crippen molar-refractivity contribution >= 4 is 70.3 Å². The van der Waals surface area contributed by atoms with Crippen LogP contribution >= 0.6 is 36.4 Å². The first-order chi connectivity index (χ1) is 19.2. The number of halogens is 6. The minimum atomic E-state index is -4.73. The van der Waals surface area contributed by atoms with Gasteiger partial charge in [0, 0.05) is 66.8 Å². The van der Waals surface area contributed by atoms with E-state index in [-0.39, 0.29) is 37.2 Å². The van der Waals surface area contributed by atoms with Crippen LogP contribution in [0.1, 0.15) is 10.4 Å². The zero-order valence-electron chi connectivity index (χ0n) is 22.1. The molecule has 0 amide bonds. The average molecular weight is 644 g/mol. The van der Waals surface area contributed by atoms with Crippen LogP contribution in [0.15, 0.2) is 79.0 Å². The van der Waals surface area contributed by atoms with Gasteiger partial charge in [-0.05, 0) is 48.5 Å². The first kappa shape index (κ1) is 33.1. The molecule has 0 radical (unpaired) electrons. The number of fused-ring (bicyclic) bond motifs is 1. The molecule has 7 nitrogen and oxygen atoms in total. The fraction of sp³-hybridized carbons (Fsp3) is 0.241. The number of nitrogens with one attached hydrogen (secondary N) is 1. The van der Waals surface area contributed by atoms with E-state index in [1.54, 1.807) is 42.6 Å². The number of pyridine rings is 1. The number of hydrogen-bond acceptors (Lipinski definition) is 7. The number of esters is 1. The molecule has 2 heterocycles. The standard InChI is InChI=1S/C29H26ClF3N4O3.2ClH/c30-20-8-9-23-26(10-11-34-27(23)18-20)35-25-7-2-1-6-24(25)28(38)39-17-16-36-12-14-37(15-13-36)21-4-3-5-22(19-21)40-29(31,32)33;;/h1-11,18-19H,12-17H2,(H,34,35);2*1H. The summed E-state index contributed by atoms with van der Waals surface area (Å²) in [6, 6.07) is 20.4. The van der Waals surface area contributed by atoms with Gasteiger partial charge in [0.25, 0.3) is 0 Å². The van der Waals surface area contributed by atoms with Crippen molar-refractivity contribution in [2.24, 2.45) is 0 Å². The first-order valence-corrected chi connectivity index (χ1v) is 13.0. The molecule has 0 spiro atoms. The van der Waals surface area contributed by atoms with Gasteiger partial charge in [-0.1, -0.05) is 29.8 Å². The Hall–Kier alpha value is -3.44. The van der Waals surface area contributed by atoms with Crippen LogP contribution in [0.2, 0.25) is 5.02 Å². The SMILES string of the molecule is Cl.Cl.O=C(OCCN1CCN(c2cccc(OC(F)(F)F)c2)CC1)c1ccccc1Nc1ccnc2cc(Cl)ccc12. The number of aromatic nitrogens is 1. The van der Waals surface area contributed by atoms with Crippen molar-refractivity contribution in [2.45, 2.75) is 6.36 Å². The lowest BCUT2D eigenvalue weighted by atomic mass is 10.1. The van der Waals surface area contributed by atoms with Crippen LogP contribution in [0, 0.1) is 0 Å². The second-order valence-electron chi connectivity index (χ2n) is 9.20. The maximum atomic E-state index is 13.0. The van der Waals surface area contributed by atoms with E-state index in [4.69, 9.17) is 16.3 Å². The van der Waals surface area contributed by atoms with Crippen molar-refractivity contribution in [3.63, 3.8) is 0 Å². The molecule has 13 heteroatoms. The summed E-state index contributed by atoms with van der Waals surface area (Å²) in [5.74, 6) is -0.680. The van der Waals surface area contributed by atoms with Gasteiger partial charge < -0.3 is 19.7 Å². The summed E-state index contributed by atoms with van der Waals surface area (Å²) < 4.78 is 47.3. The molecule has 1 aliphatic heterocycles. The molecular weight excluding hydrogens is 616 g/mol. The molecule has 5 rings (SSSR count). The van der Waals surface area contributed by atoms with Crippen LogP contribution in [0.5, 0.6) is 5.75 Å². The molecule has 1 fully saturated rings. The summed E-state index contributed by atoms with van der Waals surface area (Å²) in [4.78, 5) is 21.5. The maximum absolute atomic E-state index is 13.0. The number of rotatable bonds is 8. The van der Waals surface area contributed by atoms with Gasteiger partial charge in [0.1, 0.15) is 12.4 Å². The number of anilines is 3. The number of benzene rings is 3. The van der Waals surface area contributed by atoms with E-state index < -0.39 is 12.3 Å². The Labute approximate surface area is 258 Å². The van der Waals surface area contributed by atoms with E-state index in [0.717, 1.165) is 16.6 Å². The molecule has 224 valence electrons.